The SMILES string of the molecule is CS(=O)(=O)Nc1cccc2c1CCCN2S(=O)(=O)c1ccc(CCCCl)cc1. The van der Waals surface area contributed by atoms with Crippen LogP contribution in [0.15, 0.2) is 47.4 Å². The third kappa shape index (κ3) is 4.61. The summed E-state index contributed by atoms with van der Waals surface area (Å²) >= 11 is 5.71. The van der Waals surface area contributed by atoms with E-state index in [1.54, 1.807) is 30.3 Å². The highest BCUT2D eigenvalue weighted by atomic mass is 35.5. The van der Waals surface area contributed by atoms with E-state index in [4.69, 9.17) is 11.6 Å². The maximum absolute atomic E-state index is 13.2. The lowest BCUT2D eigenvalue weighted by Crippen LogP contribution is -2.35. The van der Waals surface area contributed by atoms with Crippen LogP contribution >= 0.6 is 11.6 Å². The Hall–Kier alpha value is -1.77. The molecule has 9 heteroatoms. The van der Waals surface area contributed by atoms with Gasteiger partial charge in [-0.15, -0.1) is 11.6 Å². The van der Waals surface area contributed by atoms with E-state index in [9.17, 15) is 16.8 Å². The van der Waals surface area contributed by atoms with Gasteiger partial charge in [0, 0.05) is 18.0 Å². The number of sulfonamides is 2. The summed E-state index contributed by atoms with van der Waals surface area (Å²) in [6.45, 7) is 0.353. The lowest BCUT2D eigenvalue weighted by molar-refractivity contribution is 0.586. The monoisotopic (exact) mass is 442 g/mol. The summed E-state index contributed by atoms with van der Waals surface area (Å²) in [5.74, 6) is 0.564. The first-order valence-electron chi connectivity index (χ1n) is 9.00. The molecule has 1 aliphatic heterocycles. The second-order valence-electron chi connectivity index (χ2n) is 6.79. The molecule has 28 heavy (non-hydrogen) atoms. The summed E-state index contributed by atoms with van der Waals surface area (Å²) in [7, 11) is -7.20. The zero-order valence-corrected chi connectivity index (χ0v) is 17.9. The average Bonchev–Trinajstić information content (AvgIpc) is 2.65. The Bertz CT molecular complexity index is 1050. The number of anilines is 2. The second-order valence-corrected chi connectivity index (χ2v) is 10.8. The van der Waals surface area contributed by atoms with Crippen molar-refractivity contribution in [3.05, 3.63) is 53.6 Å². The molecule has 2 aromatic carbocycles. The Labute approximate surface area is 171 Å². The molecule has 3 rings (SSSR count). The van der Waals surface area contributed by atoms with E-state index in [1.807, 2.05) is 12.1 Å². The van der Waals surface area contributed by atoms with Gasteiger partial charge in [-0.3, -0.25) is 9.03 Å². The molecule has 1 aliphatic rings. The maximum Gasteiger partial charge on any atom is 0.264 e. The molecule has 0 atom stereocenters. The standard InChI is InChI=1S/C19H23ClN2O4S2/c1-27(23,24)21-18-7-2-8-19-17(18)6-4-14-22(19)28(25,26)16-11-9-15(10-12-16)5-3-13-20/h2,7-12,21H,3-6,13-14H2,1H3. The molecule has 0 aromatic heterocycles. The van der Waals surface area contributed by atoms with Gasteiger partial charge in [0.25, 0.3) is 10.0 Å². The molecule has 0 saturated heterocycles. The number of fused-ring (bicyclic) bond motifs is 1. The van der Waals surface area contributed by atoms with Crippen LogP contribution in [-0.2, 0) is 32.9 Å². The van der Waals surface area contributed by atoms with Crippen molar-refractivity contribution in [2.45, 2.75) is 30.6 Å². The van der Waals surface area contributed by atoms with Crippen LogP contribution in [0.1, 0.15) is 24.0 Å². The third-order valence-electron chi connectivity index (χ3n) is 4.61. The van der Waals surface area contributed by atoms with E-state index < -0.39 is 20.0 Å². The number of hydrogen-bond acceptors (Lipinski definition) is 4. The Kier molecular flexibility index (Phi) is 6.21. The summed E-state index contributed by atoms with van der Waals surface area (Å²) in [5.41, 5.74) is 2.68. The highest BCUT2D eigenvalue weighted by Gasteiger charge is 2.30. The second kappa shape index (κ2) is 8.31. The Morgan fingerprint density at radius 3 is 2.43 bits per heavy atom. The molecule has 2 aromatic rings. The molecule has 0 amide bonds. The zero-order valence-electron chi connectivity index (χ0n) is 15.6. The molecule has 0 spiro atoms. The van der Waals surface area contributed by atoms with Crippen LogP contribution < -0.4 is 9.03 Å². The molecule has 0 aliphatic carbocycles. The summed E-state index contributed by atoms with van der Waals surface area (Å²) < 4.78 is 53.6. The van der Waals surface area contributed by atoms with Gasteiger partial charge in [-0.25, -0.2) is 16.8 Å². The van der Waals surface area contributed by atoms with E-state index in [2.05, 4.69) is 4.72 Å². The maximum atomic E-state index is 13.2. The van der Waals surface area contributed by atoms with Crippen LogP contribution in [0, 0.1) is 0 Å². The minimum absolute atomic E-state index is 0.219. The van der Waals surface area contributed by atoms with E-state index in [-0.39, 0.29) is 4.90 Å². The topological polar surface area (TPSA) is 83.6 Å². The summed E-state index contributed by atoms with van der Waals surface area (Å²) in [6.07, 6.45) is 3.94. The van der Waals surface area contributed by atoms with E-state index in [0.717, 1.165) is 24.7 Å². The van der Waals surface area contributed by atoms with Gasteiger partial charge in [0.15, 0.2) is 0 Å². The molecule has 0 saturated carbocycles. The van der Waals surface area contributed by atoms with Crippen molar-refractivity contribution in [2.75, 3.05) is 27.7 Å². The highest BCUT2D eigenvalue weighted by molar-refractivity contribution is 7.93. The quantitative estimate of drug-likeness (QED) is 0.666. The van der Waals surface area contributed by atoms with Crippen molar-refractivity contribution >= 4 is 43.0 Å². The molecule has 0 fully saturated rings. The number of hydrogen-bond donors (Lipinski definition) is 1. The first-order valence-corrected chi connectivity index (χ1v) is 12.9. The van der Waals surface area contributed by atoms with Gasteiger partial charge in [-0.05, 0) is 55.5 Å². The number of aryl methyl sites for hydroxylation is 1. The number of rotatable bonds is 7. The van der Waals surface area contributed by atoms with Crippen molar-refractivity contribution in [2.24, 2.45) is 0 Å². The Morgan fingerprint density at radius 2 is 1.79 bits per heavy atom. The first-order chi connectivity index (χ1) is 13.2. The number of alkyl halides is 1. The fourth-order valence-corrected chi connectivity index (χ4v) is 5.62. The minimum Gasteiger partial charge on any atom is -0.283 e. The number of nitrogens with zero attached hydrogens (tertiary/aromatic N) is 1. The fraction of sp³-hybridized carbons (Fsp3) is 0.368. The van der Waals surface area contributed by atoms with Gasteiger partial charge >= 0.3 is 0 Å². The van der Waals surface area contributed by atoms with Crippen LogP contribution in [0.25, 0.3) is 0 Å². The van der Waals surface area contributed by atoms with E-state index in [1.165, 1.54) is 4.31 Å². The van der Waals surface area contributed by atoms with Crippen molar-refractivity contribution in [1.82, 2.24) is 0 Å². The molecule has 6 nitrogen and oxygen atoms in total. The van der Waals surface area contributed by atoms with Crippen LogP contribution in [0.4, 0.5) is 11.4 Å². The van der Waals surface area contributed by atoms with E-state index in [0.29, 0.717) is 42.2 Å². The molecule has 152 valence electrons. The van der Waals surface area contributed by atoms with Crippen LogP contribution in [0.2, 0.25) is 0 Å². The van der Waals surface area contributed by atoms with E-state index >= 15 is 0 Å². The normalized spacial score (nSPS) is 14.6. The van der Waals surface area contributed by atoms with Gasteiger partial charge in [0.2, 0.25) is 10.0 Å². The zero-order chi connectivity index (χ0) is 20.4. The van der Waals surface area contributed by atoms with Gasteiger partial charge in [-0.2, -0.15) is 0 Å². The largest absolute Gasteiger partial charge is 0.283 e. The van der Waals surface area contributed by atoms with Crippen LogP contribution in [0.3, 0.4) is 0 Å². The average molecular weight is 443 g/mol. The van der Waals surface area contributed by atoms with Gasteiger partial charge in [0.1, 0.15) is 0 Å². The van der Waals surface area contributed by atoms with Gasteiger partial charge < -0.3 is 0 Å². The predicted octanol–water partition coefficient (Wildman–Crippen LogP) is 3.37. The molecule has 1 N–H and O–H groups in total. The summed E-state index contributed by atoms with van der Waals surface area (Å²) in [6, 6.07) is 11.9. The highest BCUT2D eigenvalue weighted by Crippen LogP contribution is 2.36. The molecule has 0 unspecified atom stereocenters. The van der Waals surface area contributed by atoms with Crippen molar-refractivity contribution in [1.29, 1.82) is 0 Å². The summed E-state index contributed by atoms with van der Waals surface area (Å²) in [4.78, 5) is 0.219. The van der Waals surface area contributed by atoms with Gasteiger partial charge in [0.05, 0.1) is 22.5 Å². The van der Waals surface area contributed by atoms with Crippen molar-refractivity contribution in [3.63, 3.8) is 0 Å². The first kappa shape index (κ1) is 21.0. The summed E-state index contributed by atoms with van der Waals surface area (Å²) in [5, 5.41) is 0. The smallest absolute Gasteiger partial charge is 0.264 e. The third-order valence-corrected chi connectivity index (χ3v) is 7.30. The molecule has 1 heterocycles. The van der Waals surface area contributed by atoms with Gasteiger partial charge in [-0.1, -0.05) is 18.2 Å². The molecule has 0 radical (unpaired) electrons. The molecular formula is C19H23ClN2O4S2. The lowest BCUT2D eigenvalue weighted by atomic mass is 10.0. The van der Waals surface area contributed by atoms with Crippen LogP contribution in [-0.4, -0.2) is 35.5 Å². The predicted molar refractivity (Wildman–Crippen MR) is 113 cm³/mol. The Balaban J connectivity index is 1.96. The lowest BCUT2D eigenvalue weighted by Gasteiger charge is -2.31. The molecular weight excluding hydrogens is 420 g/mol. The van der Waals surface area contributed by atoms with Crippen LogP contribution in [0.5, 0.6) is 0 Å². The number of halogens is 1. The minimum atomic E-state index is -3.74. The Morgan fingerprint density at radius 1 is 1.07 bits per heavy atom. The number of nitrogens with one attached hydrogen (secondary N) is 1. The van der Waals surface area contributed by atoms with Crippen molar-refractivity contribution in [3.8, 4) is 0 Å². The fourth-order valence-electron chi connectivity index (χ4n) is 3.36. The number of benzene rings is 2. The molecule has 0 bridgehead atoms. The van der Waals surface area contributed by atoms with Crippen molar-refractivity contribution < 1.29 is 16.8 Å².